The number of carbonyl (C=O) groups excluding carboxylic acids is 1. The van der Waals surface area contributed by atoms with Gasteiger partial charge in [-0.2, -0.15) is 5.10 Å². The number of aromatic nitrogens is 3. The monoisotopic (exact) mass is 355 g/mol. The zero-order valence-corrected chi connectivity index (χ0v) is 14.4. The molecule has 7 heteroatoms. The Hall–Kier alpha value is -2.67. The lowest BCUT2D eigenvalue weighted by Crippen LogP contribution is -2.32. The molecule has 0 bridgehead atoms. The van der Waals surface area contributed by atoms with Gasteiger partial charge in [-0.3, -0.25) is 9.48 Å². The summed E-state index contributed by atoms with van der Waals surface area (Å²) in [7, 11) is 0. The molecule has 26 heavy (non-hydrogen) atoms. The van der Waals surface area contributed by atoms with Crippen LogP contribution in [0.5, 0.6) is 11.6 Å². The van der Waals surface area contributed by atoms with Crippen LogP contribution in [-0.2, 0) is 4.74 Å². The number of nitrogens with zero attached hydrogens (tertiary/aromatic N) is 3. The van der Waals surface area contributed by atoms with Crippen molar-refractivity contribution in [1.29, 1.82) is 0 Å². The van der Waals surface area contributed by atoms with E-state index in [2.05, 4.69) is 20.8 Å². The van der Waals surface area contributed by atoms with Gasteiger partial charge >= 0.3 is 0 Å². The largest absolute Gasteiger partial charge is 0.493 e. The van der Waals surface area contributed by atoms with Crippen molar-refractivity contribution in [2.75, 3.05) is 19.8 Å². The highest BCUT2D eigenvalue weighted by atomic mass is 16.5. The number of hydrogen-bond acceptors (Lipinski definition) is 6. The minimum Gasteiger partial charge on any atom is -0.493 e. The molecule has 1 N–H and O–H groups in total. The lowest BCUT2D eigenvalue weighted by atomic mass is 9.90. The number of aromatic hydroxyl groups is 1. The maximum atomic E-state index is 11.2. The SMILES string of the molecule is O=Cc1cc(O)ncc1OCC1=C(c2ccnn2C2COC2)CCCC1. The van der Waals surface area contributed by atoms with Gasteiger partial charge in [0.1, 0.15) is 12.4 Å². The van der Waals surface area contributed by atoms with Gasteiger partial charge in [0.05, 0.1) is 36.7 Å². The summed E-state index contributed by atoms with van der Waals surface area (Å²) in [6.07, 6.45) is 8.11. The van der Waals surface area contributed by atoms with Crippen molar-refractivity contribution < 1.29 is 19.4 Å². The molecule has 2 aliphatic rings. The summed E-state index contributed by atoms with van der Waals surface area (Å²) in [6, 6.07) is 3.67. The Kier molecular flexibility index (Phi) is 4.71. The van der Waals surface area contributed by atoms with Gasteiger partial charge in [-0.25, -0.2) is 4.98 Å². The van der Waals surface area contributed by atoms with E-state index < -0.39 is 0 Å². The van der Waals surface area contributed by atoms with Gasteiger partial charge < -0.3 is 14.6 Å². The van der Waals surface area contributed by atoms with Gasteiger partial charge in [-0.15, -0.1) is 0 Å². The molecular weight excluding hydrogens is 334 g/mol. The van der Waals surface area contributed by atoms with Crippen LogP contribution < -0.4 is 4.74 Å². The van der Waals surface area contributed by atoms with Crippen LogP contribution in [-0.4, -0.2) is 46.0 Å². The first-order valence-corrected chi connectivity index (χ1v) is 8.86. The first-order valence-electron chi connectivity index (χ1n) is 8.86. The molecule has 1 fully saturated rings. The van der Waals surface area contributed by atoms with E-state index in [9.17, 15) is 9.90 Å². The van der Waals surface area contributed by atoms with E-state index in [-0.39, 0.29) is 5.88 Å². The number of aldehydes is 1. The molecule has 3 heterocycles. The van der Waals surface area contributed by atoms with Crippen molar-refractivity contribution in [1.82, 2.24) is 14.8 Å². The molecule has 0 saturated carbocycles. The summed E-state index contributed by atoms with van der Waals surface area (Å²) in [4.78, 5) is 15.0. The van der Waals surface area contributed by atoms with Crippen molar-refractivity contribution in [3.63, 3.8) is 0 Å². The first-order chi connectivity index (χ1) is 12.8. The van der Waals surface area contributed by atoms with Gasteiger partial charge in [0.2, 0.25) is 5.88 Å². The van der Waals surface area contributed by atoms with Crippen LogP contribution in [0.2, 0.25) is 0 Å². The molecule has 0 spiro atoms. The number of allylic oxidation sites excluding steroid dienone is 1. The summed E-state index contributed by atoms with van der Waals surface area (Å²) >= 11 is 0. The Bertz CT molecular complexity index is 839. The third-order valence-corrected chi connectivity index (χ3v) is 4.94. The highest BCUT2D eigenvalue weighted by molar-refractivity contribution is 5.79. The molecular formula is C19H21N3O4. The van der Waals surface area contributed by atoms with Crippen molar-refractivity contribution in [3.8, 4) is 11.6 Å². The standard InChI is InChI=1S/C19H21N3O4/c23-9-14-7-19(24)20-8-18(14)26-10-13-3-1-2-4-16(13)17-5-6-21-22(17)15-11-25-12-15/h5-9,15H,1-4,10-12H2,(H,20,24). The lowest BCUT2D eigenvalue weighted by Gasteiger charge is -2.29. The molecule has 7 nitrogen and oxygen atoms in total. The summed E-state index contributed by atoms with van der Waals surface area (Å²) in [6.45, 7) is 1.81. The number of hydrogen-bond donors (Lipinski definition) is 1. The zero-order chi connectivity index (χ0) is 17.9. The summed E-state index contributed by atoms with van der Waals surface area (Å²) in [5.74, 6) is 0.194. The normalized spacial score (nSPS) is 17.8. The Morgan fingerprint density at radius 2 is 2.19 bits per heavy atom. The van der Waals surface area contributed by atoms with Crippen molar-refractivity contribution in [3.05, 3.63) is 41.4 Å². The zero-order valence-electron chi connectivity index (χ0n) is 14.4. The van der Waals surface area contributed by atoms with Crippen LogP contribution in [0.4, 0.5) is 0 Å². The topological polar surface area (TPSA) is 86.5 Å². The lowest BCUT2D eigenvalue weighted by molar-refractivity contribution is -0.0290. The number of pyridine rings is 1. The fourth-order valence-electron chi connectivity index (χ4n) is 3.47. The number of ether oxygens (including phenoxy) is 2. The van der Waals surface area contributed by atoms with Crippen LogP contribution in [0.25, 0.3) is 5.57 Å². The second-order valence-corrected chi connectivity index (χ2v) is 6.63. The van der Waals surface area contributed by atoms with E-state index >= 15 is 0 Å². The summed E-state index contributed by atoms with van der Waals surface area (Å²) in [5.41, 5.74) is 3.94. The Morgan fingerprint density at radius 1 is 1.35 bits per heavy atom. The smallest absolute Gasteiger partial charge is 0.211 e. The fraction of sp³-hybridized carbons (Fsp3) is 0.421. The minimum atomic E-state index is -0.191. The molecule has 2 aromatic rings. The third kappa shape index (κ3) is 3.22. The van der Waals surface area contributed by atoms with E-state index in [1.165, 1.54) is 23.4 Å². The molecule has 0 amide bonds. The Balaban J connectivity index is 1.59. The second-order valence-electron chi connectivity index (χ2n) is 6.63. The van der Waals surface area contributed by atoms with Crippen molar-refractivity contribution in [2.45, 2.75) is 31.7 Å². The predicted molar refractivity (Wildman–Crippen MR) is 94.3 cm³/mol. The van der Waals surface area contributed by atoms with Crippen molar-refractivity contribution >= 4 is 11.9 Å². The highest BCUT2D eigenvalue weighted by Crippen LogP contribution is 2.34. The number of carbonyl (C=O) groups is 1. The second kappa shape index (κ2) is 7.29. The maximum Gasteiger partial charge on any atom is 0.211 e. The van der Waals surface area contributed by atoms with Crippen LogP contribution in [0.1, 0.15) is 47.8 Å². The summed E-state index contributed by atoms with van der Waals surface area (Å²) < 4.78 is 13.2. The van der Waals surface area contributed by atoms with E-state index in [0.717, 1.165) is 31.4 Å². The van der Waals surface area contributed by atoms with Crippen molar-refractivity contribution in [2.24, 2.45) is 0 Å². The van der Waals surface area contributed by atoms with Crippen LogP contribution in [0.3, 0.4) is 0 Å². The van der Waals surface area contributed by atoms with E-state index in [4.69, 9.17) is 9.47 Å². The van der Waals surface area contributed by atoms with Crippen LogP contribution in [0.15, 0.2) is 30.1 Å². The van der Waals surface area contributed by atoms with E-state index in [1.54, 1.807) is 0 Å². The van der Waals surface area contributed by atoms with E-state index in [0.29, 0.717) is 43.5 Å². The predicted octanol–water partition coefficient (Wildman–Crippen LogP) is 2.77. The molecule has 1 aliphatic carbocycles. The minimum absolute atomic E-state index is 0.191. The van der Waals surface area contributed by atoms with Crippen LogP contribution in [0, 0.1) is 0 Å². The molecule has 1 aliphatic heterocycles. The molecule has 4 rings (SSSR count). The Morgan fingerprint density at radius 3 is 2.96 bits per heavy atom. The maximum absolute atomic E-state index is 11.2. The van der Waals surface area contributed by atoms with Gasteiger partial charge in [-0.05, 0) is 42.9 Å². The average molecular weight is 355 g/mol. The van der Waals surface area contributed by atoms with E-state index in [1.807, 2.05) is 6.20 Å². The molecule has 1 saturated heterocycles. The molecule has 0 aromatic carbocycles. The molecule has 0 unspecified atom stereocenters. The fourth-order valence-corrected chi connectivity index (χ4v) is 3.47. The quantitative estimate of drug-likeness (QED) is 0.802. The molecule has 136 valence electrons. The highest BCUT2D eigenvalue weighted by Gasteiger charge is 2.26. The van der Waals surface area contributed by atoms with Crippen LogP contribution >= 0.6 is 0 Å². The van der Waals surface area contributed by atoms with Gasteiger partial charge in [0, 0.05) is 12.3 Å². The van der Waals surface area contributed by atoms with Gasteiger partial charge in [-0.1, -0.05) is 0 Å². The third-order valence-electron chi connectivity index (χ3n) is 4.94. The average Bonchev–Trinajstić information content (AvgIpc) is 3.08. The first kappa shape index (κ1) is 16.8. The molecule has 2 aromatic heterocycles. The molecule has 0 atom stereocenters. The summed E-state index contributed by atoms with van der Waals surface area (Å²) in [5, 5.41) is 13.9. The molecule has 0 radical (unpaired) electrons. The Labute approximate surface area is 151 Å². The van der Waals surface area contributed by atoms with Gasteiger partial charge in [0.15, 0.2) is 6.29 Å². The van der Waals surface area contributed by atoms with Gasteiger partial charge in [0.25, 0.3) is 0 Å². The number of rotatable bonds is 6.